The number of aromatic amines is 1. The number of hydrogen-bond acceptors (Lipinski definition) is 4. The minimum absolute atomic E-state index is 0.206. The van der Waals surface area contributed by atoms with E-state index in [1.54, 1.807) is 18.2 Å². The summed E-state index contributed by atoms with van der Waals surface area (Å²) >= 11 is 7.17. The number of hydrogen-bond donors (Lipinski definition) is 1. The van der Waals surface area contributed by atoms with Crippen molar-refractivity contribution in [2.24, 2.45) is 0 Å². The summed E-state index contributed by atoms with van der Waals surface area (Å²) in [4.78, 5) is 18.5. The second kappa shape index (κ2) is 5.04. The van der Waals surface area contributed by atoms with Gasteiger partial charge in [0.1, 0.15) is 6.07 Å². The fourth-order valence-corrected chi connectivity index (χ4v) is 2.25. The van der Waals surface area contributed by atoms with Crippen LogP contribution in [0, 0.1) is 11.3 Å². The fourth-order valence-electron chi connectivity index (χ4n) is 1.17. The van der Waals surface area contributed by atoms with Crippen molar-refractivity contribution in [3.8, 4) is 6.07 Å². The number of aromatic nitrogens is 2. The molecule has 4 nitrogen and oxygen atoms in total. The Kier molecular flexibility index (Phi) is 3.47. The van der Waals surface area contributed by atoms with E-state index in [0.717, 1.165) is 4.90 Å². The predicted molar refractivity (Wildman–Crippen MR) is 65.1 cm³/mol. The first kappa shape index (κ1) is 11.7. The van der Waals surface area contributed by atoms with E-state index >= 15 is 0 Å². The summed E-state index contributed by atoms with van der Waals surface area (Å²) in [5, 5.41) is 9.60. The second-order valence-electron chi connectivity index (χ2n) is 3.09. The number of rotatable bonds is 2. The predicted octanol–water partition coefficient (Wildman–Crippen LogP) is 2.45. The lowest BCUT2D eigenvalue weighted by Gasteiger charge is -2.01. The molecule has 2 aromatic rings. The highest BCUT2D eigenvalue weighted by atomic mass is 35.5. The Morgan fingerprint density at radius 2 is 2.24 bits per heavy atom. The lowest BCUT2D eigenvalue weighted by Crippen LogP contribution is -2.04. The van der Waals surface area contributed by atoms with Crippen LogP contribution in [0.5, 0.6) is 0 Å². The van der Waals surface area contributed by atoms with Gasteiger partial charge in [-0.2, -0.15) is 5.26 Å². The Bertz CT molecular complexity index is 648. The molecule has 6 heteroatoms. The van der Waals surface area contributed by atoms with Crippen molar-refractivity contribution in [2.45, 2.75) is 10.1 Å². The van der Waals surface area contributed by atoms with E-state index in [1.165, 1.54) is 24.0 Å². The maximum Gasteiger partial charge on any atom is 0.251 e. The molecule has 84 valence electrons. The highest BCUT2D eigenvalue weighted by Gasteiger charge is 2.04. The number of nitrogens with zero attached hydrogens (tertiary/aromatic N) is 2. The van der Waals surface area contributed by atoms with Gasteiger partial charge >= 0.3 is 0 Å². The van der Waals surface area contributed by atoms with Crippen LogP contribution in [0.15, 0.2) is 45.3 Å². The van der Waals surface area contributed by atoms with E-state index in [2.05, 4.69) is 9.97 Å². The lowest BCUT2D eigenvalue weighted by atomic mass is 10.2. The molecular formula is C11H6ClN3OS. The van der Waals surface area contributed by atoms with Crippen LogP contribution in [0.2, 0.25) is 5.02 Å². The maximum atomic E-state index is 11.1. The van der Waals surface area contributed by atoms with Crippen molar-refractivity contribution >= 4 is 23.4 Å². The van der Waals surface area contributed by atoms with Gasteiger partial charge in [0.15, 0.2) is 5.16 Å². The first-order valence-corrected chi connectivity index (χ1v) is 5.81. The van der Waals surface area contributed by atoms with Gasteiger partial charge < -0.3 is 4.98 Å². The average Bonchev–Trinajstić information content (AvgIpc) is 2.29. The molecule has 0 atom stereocenters. The van der Waals surface area contributed by atoms with E-state index in [1.807, 2.05) is 6.07 Å². The van der Waals surface area contributed by atoms with Gasteiger partial charge in [-0.25, -0.2) is 4.98 Å². The highest BCUT2D eigenvalue weighted by Crippen LogP contribution is 2.27. The van der Waals surface area contributed by atoms with Crippen molar-refractivity contribution in [1.82, 2.24) is 9.97 Å². The quantitative estimate of drug-likeness (QED) is 0.845. The molecule has 0 bridgehead atoms. The summed E-state index contributed by atoms with van der Waals surface area (Å²) in [6.45, 7) is 0. The molecule has 1 heterocycles. The van der Waals surface area contributed by atoms with Gasteiger partial charge in [0, 0.05) is 17.2 Å². The zero-order valence-electron chi connectivity index (χ0n) is 8.48. The van der Waals surface area contributed by atoms with Gasteiger partial charge in [-0.15, -0.1) is 0 Å². The van der Waals surface area contributed by atoms with Crippen molar-refractivity contribution in [3.63, 3.8) is 0 Å². The molecule has 0 spiro atoms. The summed E-state index contributed by atoms with van der Waals surface area (Å²) in [6.07, 6.45) is 1.44. The van der Waals surface area contributed by atoms with Gasteiger partial charge in [-0.1, -0.05) is 23.4 Å². The van der Waals surface area contributed by atoms with Crippen LogP contribution in [0.1, 0.15) is 5.56 Å². The number of nitrogens with one attached hydrogen (secondary N) is 1. The SMILES string of the molecule is N#Cc1ccc(Sc2nccc(=O)[nH]2)cc1Cl. The summed E-state index contributed by atoms with van der Waals surface area (Å²) < 4.78 is 0. The monoisotopic (exact) mass is 263 g/mol. The third-order valence-corrected chi connectivity index (χ3v) is 3.13. The van der Waals surface area contributed by atoms with Crippen LogP contribution in [-0.2, 0) is 0 Å². The molecule has 0 aliphatic carbocycles. The molecule has 1 aromatic heterocycles. The van der Waals surface area contributed by atoms with Gasteiger partial charge in [0.25, 0.3) is 5.56 Å². The second-order valence-corrected chi connectivity index (χ2v) is 4.56. The van der Waals surface area contributed by atoms with Crippen LogP contribution < -0.4 is 5.56 Å². The van der Waals surface area contributed by atoms with Crippen LogP contribution in [-0.4, -0.2) is 9.97 Å². The molecule has 2 rings (SSSR count). The first-order valence-electron chi connectivity index (χ1n) is 4.62. The Labute approximate surface area is 106 Å². The molecule has 0 radical (unpaired) electrons. The minimum atomic E-state index is -0.206. The number of nitriles is 1. The molecule has 0 amide bonds. The molecule has 1 N–H and O–H groups in total. The molecule has 0 aliphatic rings. The van der Waals surface area contributed by atoms with Gasteiger partial charge in [-0.05, 0) is 18.2 Å². The van der Waals surface area contributed by atoms with Gasteiger partial charge in [0.2, 0.25) is 0 Å². The topological polar surface area (TPSA) is 69.5 Å². The lowest BCUT2D eigenvalue weighted by molar-refractivity contribution is 0.937. The van der Waals surface area contributed by atoms with E-state index in [-0.39, 0.29) is 5.56 Å². The van der Waals surface area contributed by atoms with Gasteiger partial charge in [-0.3, -0.25) is 4.79 Å². The third kappa shape index (κ3) is 2.87. The zero-order chi connectivity index (χ0) is 12.3. The van der Waals surface area contributed by atoms with Crippen LogP contribution in [0.3, 0.4) is 0 Å². The Balaban J connectivity index is 2.28. The number of H-pyrrole nitrogens is 1. The zero-order valence-corrected chi connectivity index (χ0v) is 10.0. The third-order valence-electron chi connectivity index (χ3n) is 1.92. The summed E-state index contributed by atoms with van der Waals surface area (Å²) in [5.41, 5.74) is 0.216. The summed E-state index contributed by atoms with van der Waals surface area (Å²) in [7, 11) is 0. The first-order chi connectivity index (χ1) is 8.19. The van der Waals surface area contributed by atoms with Gasteiger partial charge in [0.05, 0.1) is 10.6 Å². The maximum absolute atomic E-state index is 11.1. The molecule has 0 fully saturated rings. The Morgan fingerprint density at radius 3 is 2.88 bits per heavy atom. The fraction of sp³-hybridized carbons (Fsp3) is 0. The summed E-state index contributed by atoms with van der Waals surface area (Å²) in [6, 6.07) is 8.37. The normalized spacial score (nSPS) is 9.88. The van der Waals surface area contributed by atoms with Crippen LogP contribution in [0.25, 0.3) is 0 Å². The van der Waals surface area contributed by atoms with E-state index in [4.69, 9.17) is 16.9 Å². The molecule has 0 aliphatic heterocycles. The number of benzene rings is 1. The largest absolute Gasteiger partial charge is 0.301 e. The molecule has 17 heavy (non-hydrogen) atoms. The number of halogens is 1. The molecule has 0 unspecified atom stereocenters. The smallest absolute Gasteiger partial charge is 0.251 e. The Morgan fingerprint density at radius 1 is 1.41 bits per heavy atom. The minimum Gasteiger partial charge on any atom is -0.301 e. The van der Waals surface area contributed by atoms with Crippen molar-refractivity contribution in [1.29, 1.82) is 5.26 Å². The van der Waals surface area contributed by atoms with E-state index in [0.29, 0.717) is 15.7 Å². The highest BCUT2D eigenvalue weighted by molar-refractivity contribution is 7.99. The van der Waals surface area contributed by atoms with Crippen LogP contribution in [0.4, 0.5) is 0 Å². The van der Waals surface area contributed by atoms with E-state index < -0.39 is 0 Å². The average molecular weight is 264 g/mol. The molecule has 1 aromatic carbocycles. The Hall–Kier alpha value is -1.77. The summed E-state index contributed by atoms with van der Waals surface area (Å²) in [5.74, 6) is 0. The molecule has 0 saturated heterocycles. The van der Waals surface area contributed by atoms with Crippen LogP contribution >= 0.6 is 23.4 Å². The van der Waals surface area contributed by atoms with Crippen molar-refractivity contribution in [2.75, 3.05) is 0 Å². The van der Waals surface area contributed by atoms with Crippen molar-refractivity contribution < 1.29 is 0 Å². The van der Waals surface area contributed by atoms with E-state index in [9.17, 15) is 4.79 Å². The molecule has 0 saturated carbocycles. The van der Waals surface area contributed by atoms with Crippen molar-refractivity contribution in [3.05, 3.63) is 51.4 Å². The standard InChI is InChI=1S/C11H6ClN3OS/c12-9-5-8(2-1-7(9)6-13)17-11-14-4-3-10(16)15-11/h1-5H,(H,14,15,16). The molecular weight excluding hydrogens is 258 g/mol.